The van der Waals surface area contributed by atoms with Gasteiger partial charge in [-0.05, 0) is 30.5 Å². The van der Waals surface area contributed by atoms with Gasteiger partial charge in [0.25, 0.3) is 5.91 Å². The molecule has 0 bridgehead atoms. The molecule has 2 rings (SSSR count). The Morgan fingerprint density at radius 1 is 1.59 bits per heavy atom. The molecule has 1 aliphatic rings. The van der Waals surface area contributed by atoms with Gasteiger partial charge in [0, 0.05) is 13.6 Å². The SMILES string of the molecule is CNC(=O)C1CCCN1C(=O)c1ccoc1Cl. The van der Waals surface area contributed by atoms with E-state index < -0.39 is 6.04 Å². The molecule has 1 saturated heterocycles. The minimum absolute atomic E-state index is 0.0672. The molecule has 0 aromatic carbocycles. The van der Waals surface area contributed by atoms with Gasteiger partial charge >= 0.3 is 0 Å². The van der Waals surface area contributed by atoms with Gasteiger partial charge < -0.3 is 14.6 Å². The lowest BCUT2D eigenvalue weighted by Gasteiger charge is -2.22. The number of amides is 2. The van der Waals surface area contributed by atoms with Crippen LogP contribution in [0.15, 0.2) is 16.7 Å². The number of likely N-dealkylation sites (N-methyl/N-ethyl adjacent to an activating group) is 1. The number of hydrogen-bond acceptors (Lipinski definition) is 3. The number of nitrogens with one attached hydrogen (secondary N) is 1. The third-order valence-electron chi connectivity index (χ3n) is 2.91. The fourth-order valence-electron chi connectivity index (χ4n) is 2.05. The molecule has 92 valence electrons. The van der Waals surface area contributed by atoms with Crippen LogP contribution in [0, 0.1) is 0 Å². The quantitative estimate of drug-likeness (QED) is 0.867. The van der Waals surface area contributed by atoms with E-state index in [1.807, 2.05) is 0 Å². The highest BCUT2D eigenvalue weighted by atomic mass is 35.5. The van der Waals surface area contributed by atoms with Gasteiger partial charge in [-0.25, -0.2) is 0 Å². The van der Waals surface area contributed by atoms with Crippen molar-refractivity contribution in [3.8, 4) is 0 Å². The summed E-state index contributed by atoms with van der Waals surface area (Å²) in [6, 6.07) is 1.11. The third-order valence-corrected chi connectivity index (χ3v) is 3.20. The van der Waals surface area contributed by atoms with Crippen molar-refractivity contribution >= 4 is 23.4 Å². The number of carbonyl (C=O) groups is 2. The van der Waals surface area contributed by atoms with Gasteiger partial charge in [-0.2, -0.15) is 0 Å². The molecule has 0 aliphatic carbocycles. The highest BCUT2D eigenvalue weighted by Gasteiger charge is 2.35. The minimum atomic E-state index is -0.404. The second-order valence-electron chi connectivity index (χ2n) is 3.88. The predicted octanol–water partition coefficient (Wildman–Crippen LogP) is 1.28. The lowest BCUT2D eigenvalue weighted by Crippen LogP contribution is -2.44. The molecule has 2 heterocycles. The molecular weight excluding hydrogens is 244 g/mol. The molecule has 1 N–H and O–H groups in total. The highest BCUT2D eigenvalue weighted by Crippen LogP contribution is 2.24. The van der Waals surface area contributed by atoms with Gasteiger partial charge in [0.2, 0.25) is 11.1 Å². The Morgan fingerprint density at radius 3 is 2.94 bits per heavy atom. The molecule has 5 nitrogen and oxygen atoms in total. The molecule has 1 aliphatic heterocycles. The van der Waals surface area contributed by atoms with Gasteiger partial charge in [-0.3, -0.25) is 9.59 Å². The van der Waals surface area contributed by atoms with Gasteiger partial charge in [0.15, 0.2) is 0 Å². The van der Waals surface area contributed by atoms with Crippen molar-refractivity contribution in [1.29, 1.82) is 0 Å². The Hall–Kier alpha value is -1.49. The molecule has 1 aromatic heterocycles. The Balaban J connectivity index is 2.19. The van der Waals surface area contributed by atoms with Crippen LogP contribution in [0.3, 0.4) is 0 Å². The summed E-state index contributed by atoms with van der Waals surface area (Å²) < 4.78 is 4.88. The van der Waals surface area contributed by atoms with Crippen LogP contribution in [0.25, 0.3) is 0 Å². The zero-order valence-electron chi connectivity index (χ0n) is 9.40. The molecule has 0 saturated carbocycles. The number of furan rings is 1. The third kappa shape index (κ3) is 2.15. The van der Waals surface area contributed by atoms with Crippen molar-refractivity contribution in [1.82, 2.24) is 10.2 Å². The Bertz CT molecular complexity index is 444. The lowest BCUT2D eigenvalue weighted by atomic mass is 10.2. The highest BCUT2D eigenvalue weighted by molar-refractivity contribution is 6.32. The van der Waals surface area contributed by atoms with Crippen molar-refractivity contribution in [3.63, 3.8) is 0 Å². The molecule has 6 heteroatoms. The Morgan fingerprint density at radius 2 is 2.35 bits per heavy atom. The van der Waals surface area contributed by atoms with E-state index in [1.54, 1.807) is 7.05 Å². The second-order valence-corrected chi connectivity index (χ2v) is 4.22. The van der Waals surface area contributed by atoms with Gasteiger partial charge in [0.1, 0.15) is 6.04 Å². The van der Waals surface area contributed by atoms with E-state index in [9.17, 15) is 9.59 Å². The maximum atomic E-state index is 12.2. The van der Waals surface area contributed by atoms with Crippen molar-refractivity contribution in [2.24, 2.45) is 0 Å². The summed E-state index contributed by atoms with van der Waals surface area (Å²) in [5, 5.41) is 2.63. The van der Waals surface area contributed by atoms with Crippen molar-refractivity contribution < 1.29 is 14.0 Å². The van der Waals surface area contributed by atoms with Crippen LogP contribution < -0.4 is 5.32 Å². The summed E-state index contributed by atoms with van der Waals surface area (Å²) in [5.41, 5.74) is 0.308. The van der Waals surface area contributed by atoms with Crippen molar-refractivity contribution in [2.45, 2.75) is 18.9 Å². The van der Waals surface area contributed by atoms with Crippen LogP contribution in [0.1, 0.15) is 23.2 Å². The number of carbonyl (C=O) groups excluding carboxylic acids is 2. The van der Waals surface area contributed by atoms with E-state index in [2.05, 4.69) is 5.32 Å². The summed E-state index contributed by atoms with van der Waals surface area (Å²) in [6.45, 7) is 0.568. The summed E-state index contributed by atoms with van der Waals surface area (Å²) in [7, 11) is 1.56. The molecule has 17 heavy (non-hydrogen) atoms. The van der Waals surface area contributed by atoms with Crippen molar-refractivity contribution in [2.75, 3.05) is 13.6 Å². The second kappa shape index (κ2) is 4.79. The number of hydrogen-bond donors (Lipinski definition) is 1. The maximum absolute atomic E-state index is 12.2. The van der Waals surface area contributed by atoms with E-state index in [1.165, 1.54) is 17.2 Å². The predicted molar refractivity (Wildman–Crippen MR) is 61.8 cm³/mol. The summed E-state index contributed by atoms with van der Waals surface area (Å²) in [4.78, 5) is 25.3. The fourth-order valence-corrected chi connectivity index (χ4v) is 2.25. The smallest absolute Gasteiger partial charge is 0.259 e. The maximum Gasteiger partial charge on any atom is 0.259 e. The zero-order chi connectivity index (χ0) is 12.4. The van der Waals surface area contributed by atoms with E-state index in [4.69, 9.17) is 16.0 Å². The van der Waals surface area contributed by atoms with Gasteiger partial charge in [-0.15, -0.1) is 0 Å². The number of rotatable bonds is 2. The largest absolute Gasteiger partial charge is 0.452 e. The normalized spacial score (nSPS) is 19.4. The molecule has 0 radical (unpaired) electrons. The first-order valence-corrected chi connectivity index (χ1v) is 5.78. The first kappa shape index (κ1) is 12.0. The first-order valence-electron chi connectivity index (χ1n) is 5.40. The monoisotopic (exact) mass is 256 g/mol. The van der Waals surface area contributed by atoms with Crippen LogP contribution in [0.4, 0.5) is 0 Å². The van der Waals surface area contributed by atoms with E-state index >= 15 is 0 Å². The van der Waals surface area contributed by atoms with Crippen LogP contribution in [-0.4, -0.2) is 36.3 Å². The Labute approximate surface area is 104 Å². The standard InChI is InChI=1S/C11H13ClN2O3/c1-13-10(15)8-3-2-5-14(8)11(16)7-4-6-17-9(7)12/h4,6,8H,2-3,5H2,1H3,(H,13,15). The lowest BCUT2D eigenvalue weighted by molar-refractivity contribution is -0.124. The minimum Gasteiger partial charge on any atom is -0.452 e. The van der Waals surface area contributed by atoms with Crippen LogP contribution in [0.5, 0.6) is 0 Å². The van der Waals surface area contributed by atoms with Crippen LogP contribution >= 0.6 is 11.6 Å². The van der Waals surface area contributed by atoms with E-state index in [0.29, 0.717) is 18.5 Å². The Kier molecular flexibility index (Phi) is 3.38. The number of nitrogens with zero attached hydrogens (tertiary/aromatic N) is 1. The summed E-state index contributed by atoms with van der Waals surface area (Å²) in [6.07, 6.45) is 2.86. The average Bonchev–Trinajstić information content (AvgIpc) is 2.95. The molecule has 1 fully saturated rings. The topological polar surface area (TPSA) is 62.6 Å². The van der Waals surface area contributed by atoms with Gasteiger partial charge in [0.05, 0.1) is 11.8 Å². The first-order chi connectivity index (χ1) is 8.15. The molecule has 0 spiro atoms. The van der Waals surface area contributed by atoms with Gasteiger partial charge in [-0.1, -0.05) is 0 Å². The van der Waals surface area contributed by atoms with Crippen LogP contribution in [0.2, 0.25) is 5.22 Å². The van der Waals surface area contributed by atoms with Crippen LogP contribution in [-0.2, 0) is 4.79 Å². The van der Waals surface area contributed by atoms with Crippen molar-refractivity contribution in [3.05, 3.63) is 23.1 Å². The zero-order valence-corrected chi connectivity index (χ0v) is 10.2. The molecule has 2 amide bonds. The molecule has 1 atom stereocenters. The number of halogens is 1. The van der Waals surface area contributed by atoms with E-state index in [0.717, 1.165) is 6.42 Å². The molecule has 1 aromatic rings. The fraction of sp³-hybridized carbons (Fsp3) is 0.455. The average molecular weight is 257 g/mol. The van der Waals surface area contributed by atoms with E-state index in [-0.39, 0.29) is 17.0 Å². The number of likely N-dealkylation sites (tertiary alicyclic amines) is 1. The molecule has 1 unspecified atom stereocenters. The summed E-state index contributed by atoms with van der Waals surface area (Å²) in [5.74, 6) is -0.398. The molecular formula is C11H13ClN2O3. The summed E-state index contributed by atoms with van der Waals surface area (Å²) >= 11 is 5.76.